The van der Waals surface area contributed by atoms with Crippen molar-refractivity contribution < 1.29 is 4.74 Å². The fourth-order valence-corrected chi connectivity index (χ4v) is 1.19. The van der Waals surface area contributed by atoms with Gasteiger partial charge in [-0.25, -0.2) is 0 Å². The lowest BCUT2D eigenvalue weighted by Crippen LogP contribution is -2.03. The molecule has 2 aliphatic rings. The summed E-state index contributed by atoms with van der Waals surface area (Å²) in [7, 11) is 0. The van der Waals surface area contributed by atoms with Crippen molar-refractivity contribution in [2.45, 2.75) is 6.92 Å². The van der Waals surface area contributed by atoms with Gasteiger partial charge in [0.25, 0.3) is 0 Å². The molecule has 1 fully saturated rings. The van der Waals surface area contributed by atoms with Crippen LogP contribution in [0.15, 0.2) is 47.4 Å². The van der Waals surface area contributed by atoms with Crippen molar-refractivity contribution >= 4 is 0 Å². The zero-order valence-corrected chi connectivity index (χ0v) is 7.00. The van der Waals surface area contributed by atoms with Crippen LogP contribution >= 0.6 is 0 Å². The molecular formula is C10H11NO. The summed E-state index contributed by atoms with van der Waals surface area (Å²) in [6.07, 6.45) is 10.1. The summed E-state index contributed by atoms with van der Waals surface area (Å²) >= 11 is 0. The highest BCUT2D eigenvalue weighted by molar-refractivity contribution is 5.38. The molecule has 1 aliphatic carbocycles. The molecule has 1 saturated heterocycles. The molecule has 0 aromatic heterocycles. The van der Waals surface area contributed by atoms with Crippen molar-refractivity contribution in [1.82, 2.24) is 5.32 Å². The maximum absolute atomic E-state index is 5.33. The van der Waals surface area contributed by atoms with Crippen LogP contribution in [0.2, 0.25) is 0 Å². The lowest BCUT2D eigenvalue weighted by molar-refractivity contribution is 0.254. The van der Waals surface area contributed by atoms with Gasteiger partial charge in [-0.05, 0) is 19.1 Å². The van der Waals surface area contributed by atoms with Gasteiger partial charge >= 0.3 is 0 Å². The lowest BCUT2D eigenvalue weighted by Gasteiger charge is -1.98. The fourth-order valence-electron chi connectivity index (χ4n) is 1.19. The first-order chi connectivity index (χ1) is 5.86. The monoisotopic (exact) mass is 161 g/mol. The van der Waals surface area contributed by atoms with Crippen molar-refractivity contribution in [1.29, 1.82) is 0 Å². The highest BCUT2D eigenvalue weighted by Gasteiger charge is 2.12. The maximum Gasteiger partial charge on any atom is 0.159 e. The molecule has 12 heavy (non-hydrogen) atoms. The Balaban J connectivity index is 2.36. The van der Waals surface area contributed by atoms with Gasteiger partial charge in [0.15, 0.2) is 6.73 Å². The molecule has 2 rings (SSSR count). The molecule has 0 aromatic rings. The molecule has 1 heterocycles. The van der Waals surface area contributed by atoms with Crippen molar-refractivity contribution in [2.75, 3.05) is 6.73 Å². The molecule has 0 amide bonds. The van der Waals surface area contributed by atoms with E-state index >= 15 is 0 Å². The van der Waals surface area contributed by atoms with Crippen LogP contribution in [-0.4, -0.2) is 6.73 Å². The highest BCUT2D eigenvalue weighted by atomic mass is 16.5. The average molecular weight is 161 g/mol. The van der Waals surface area contributed by atoms with Crippen molar-refractivity contribution in [3.05, 3.63) is 47.4 Å². The summed E-state index contributed by atoms with van der Waals surface area (Å²) in [6, 6.07) is 0. The molecule has 0 spiro atoms. The predicted molar refractivity (Wildman–Crippen MR) is 48.2 cm³/mol. The van der Waals surface area contributed by atoms with Gasteiger partial charge in [-0.2, -0.15) is 0 Å². The van der Waals surface area contributed by atoms with Crippen molar-refractivity contribution in [3.63, 3.8) is 0 Å². The minimum absolute atomic E-state index is 0.582. The number of hydrogen-bond acceptors (Lipinski definition) is 2. The van der Waals surface area contributed by atoms with Crippen LogP contribution < -0.4 is 5.32 Å². The molecular weight excluding hydrogens is 150 g/mol. The van der Waals surface area contributed by atoms with E-state index < -0.39 is 0 Å². The van der Waals surface area contributed by atoms with Crippen molar-refractivity contribution in [2.24, 2.45) is 0 Å². The Morgan fingerprint density at radius 3 is 3.17 bits per heavy atom. The molecule has 0 bridgehead atoms. The van der Waals surface area contributed by atoms with Crippen LogP contribution in [0.1, 0.15) is 6.92 Å². The van der Waals surface area contributed by atoms with E-state index in [0.717, 1.165) is 11.5 Å². The van der Waals surface area contributed by atoms with Gasteiger partial charge in [0.2, 0.25) is 0 Å². The topological polar surface area (TPSA) is 21.3 Å². The van der Waals surface area contributed by atoms with Crippen LogP contribution in [0.3, 0.4) is 0 Å². The van der Waals surface area contributed by atoms with E-state index in [9.17, 15) is 0 Å². The fraction of sp³-hybridized carbons (Fsp3) is 0.200. The van der Waals surface area contributed by atoms with Gasteiger partial charge in [-0.1, -0.05) is 23.8 Å². The summed E-state index contributed by atoms with van der Waals surface area (Å²) in [5.41, 5.74) is 2.31. The maximum atomic E-state index is 5.33. The summed E-state index contributed by atoms with van der Waals surface area (Å²) in [5, 5.41) is 3.14. The Bertz CT molecular complexity index is 308. The predicted octanol–water partition coefficient (Wildman–Crippen LogP) is 1.85. The molecule has 2 nitrogen and oxygen atoms in total. The third-order valence-corrected chi connectivity index (χ3v) is 1.88. The van der Waals surface area contributed by atoms with E-state index in [1.54, 1.807) is 0 Å². The van der Waals surface area contributed by atoms with Crippen LogP contribution in [-0.2, 0) is 4.74 Å². The van der Waals surface area contributed by atoms with E-state index in [0.29, 0.717) is 6.73 Å². The van der Waals surface area contributed by atoms with E-state index in [1.807, 2.05) is 18.2 Å². The first-order valence-corrected chi connectivity index (χ1v) is 4.00. The Kier molecular flexibility index (Phi) is 1.74. The molecule has 0 saturated carbocycles. The van der Waals surface area contributed by atoms with Gasteiger partial charge in [0.05, 0.1) is 5.70 Å². The average Bonchev–Trinajstić information content (AvgIpc) is 2.45. The van der Waals surface area contributed by atoms with Gasteiger partial charge in [0.1, 0.15) is 5.76 Å². The van der Waals surface area contributed by atoms with Gasteiger partial charge in [0, 0.05) is 0 Å². The molecule has 0 aromatic carbocycles. The summed E-state index contributed by atoms with van der Waals surface area (Å²) in [6.45, 7) is 2.65. The zero-order chi connectivity index (χ0) is 8.39. The van der Waals surface area contributed by atoms with Gasteiger partial charge < -0.3 is 10.1 Å². The minimum atomic E-state index is 0.582. The van der Waals surface area contributed by atoms with Crippen LogP contribution in [0, 0.1) is 0 Å². The summed E-state index contributed by atoms with van der Waals surface area (Å²) in [5.74, 6) is 0.926. The Labute approximate surface area is 71.9 Å². The van der Waals surface area contributed by atoms with Crippen molar-refractivity contribution in [3.8, 4) is 0 Å². The number of allylic oxidation sites excluding steroid dienone is 6. The normalized spacial score (nSPS) is 29.2. The smallest absolute Gasteiger partial charge is 0.159 e. The molecule has 0 atom stereocenters. The Morgan fingerprint density at radius 1 is 1.33 bits per heavy atom. The molecule has 0 unspecified atom stereocenters. The number of rotatable bonds is 0. The molecule has 1 aliphatic heterocycles. The number of ether oxygens (including phenoxy) is 1. The van der Waals surface area contributed by atoms with Crippen LogP contribution in [0.5, 0.6) is 0 Å². The largest absolute Gasteiger partial charge is 0.471 e. The molecule has 1 N–H and O–H groups in total. The number of nitrogens with one attached hydrogen (secondary N) is 1. The third-order valence-electron chi connectivity index (χ3n) is 1.88. The summed E-state index contributed by atoms with van der Waals surface area (Å²) in [4.78, 5) is 0. The molecule has 62 valence electrons. The number of fused-ring (bicyclic) bond motifs is 1. The highest BCUT2D eigenvalue weighted by Crippen LogP contribution is 2.17. The first-order valence-electron chi connectivity index (χ1n) is 4.00. The van der Waals surface area contributed by atoms with Crippen LogP contribution in [0.25, 0.3) is 0 Å². The van der Waals surface area contributed by atoms with Gasteiger partial charge in [-0.15, -0.1) is 0 Å². The first kappa shape index (κ1) is 7.22. The van der Waals surface area contributed by atoms with Crippen LogP contribution in [0.4, 0.5) is 0 Å². The Hall–Kier alpha value is -1.44. The Morgan fingerprint density at radius 2 is 2.25 bits per heavy atom. The zero-order valence-electron chi connectivity index (χ0n) is 7.00. The SMILES string of the molecule is CC1=C/C=C2/NCO/C2=C/C=C1. The lowest BCUT2D eigenvalue weighted by atomic mass is 10.2. The minimum Gasteiger partial charge on any atom is -0.471 e. The van der Waals surface area contributed by atoms with E-state index in [1.165, 1.54) is 5.57 Å². The van der Waals surface area contributed by atoms with E-state index in [2.05, 4.69) is 24.4 Å². The molecule has 0 radical (unpaired) electrons. The third kappa shape index (κ3) is 1.28. The van der Waals surface area contributed by atoms with E-state index in [-0.39, 0.29) is 0 Å². The number of hydrogen-bond donors (Lipinski definition) is 1. The second-order valence-electron chi connectivity index (χ2n) is 2.85. The molecule has 2 heteroatoms. The van der Waals surface area contributed by atoms with Gasteiger partial charge in [-0.3, -0.25) is 0 Å². The second-order valence-corrected chi connectivity index (χ2v) is 2.85. The standard InChI is InChI=1S/C10H11NO/c1-8-3-2-4-10-9(6-5-8)11-7-12-10/h2-6,11H,7H2,1H3/b3-2?,4-2?,6-5?,8-3?,8-5?,9-6+,10-4+. The van der Waals surface area contributed by atoms with E-state index in [4.69, 9.17) is 4.74 Å². The quantitative estimate of drug-likeness (QED) is 0.585. The second kappa shape index (κ2) is 2.89. The summed E-state index contributed by atoms with van der Waals surface area (Å²) < 4.78 is 5.33.